The minimum absolute atomic E-state index is 0.217. The number of hydrogen-bond acceptors (Lipinski definition) is 4. The van der Waals surface area contributed by atoms with Gasteiger partial charge in [-0.2, -0.15) is 5.26 Å². The number of nitrogens with one attached hydrogen (secondary N) is 2. The Morgan fingerprint density at radius 1 is 1.35 bits per heavy atom. The van der Waals surface area contributed by atoms with Crippen molar-refractivity contribution in [1.29, 1.82) is 5.26 Å². The Hall–Kier alpha value is -2.23. The Labute approximate surface area is 144 Å². The maximum Gasteiger partial charge on any atom is 0.257 e. The molecule has 0 saturated carbocycles. The molecule has 0 bridgehead atoms. The van der Waals surface area contributed by atoms with Crippen LogP contribution >= 0.6 is 23.6 Å². The number of rotatable bonds is 2. The highest BCUT2D eigenvalue weighted by Crippen LogP contribution is 2.38. The van der Waals surface area contributed by atoms with Crippen molar-refractivity contribution in [3.8, 4) is 6.07 Å². The quantitative estimate of drug-likeness (QED) is 0.820. The normalized spacial score (nSPS) is 12.3. The molecule has 1 amide bonds. The largest absolute Gasteiger partial charge is 0.323 e. The molecule has 0 unspecified atom stereocenters. The molecule has 1 aliphatic carbocycles. The number of benzene rings is 1. The summed E-state index contributed by atoms with van der Waals surface area (Å²) in [5.74, 6) is -0.247. The minimum Gasteiger partial charge on any atom is -0.323 e. The van der Waals surface area contributed by atoms with Gasteiger partial charge in [-0.05, 0) is 55.6 Å². The van der Waals surface area contributed by atoms with Crippen LogP contribution in [-0.2, 0) is 12.8 Å². The highest BCUT2D eigenvalue weighted by molar-refractivity contribution is 7.80. The second-order valence-electron chi connectivity index (χ2n) is 5.40. The summed E-state index contributed by atoms with van der Waals surface area (Å²) in [5, 5.41) is 16.0. The van der Waals surface area contributed by atoms with Gasteiger partial charge in [-0.15, -0.1) is 11.3 Å². The van der Waals surface area contributed by atoms with Crippen molar-refractivity contribution in [2.24, 2.45) is 0 Å². The molecule has 0 radical (unpaired) electrons. The number of hydrogen-bond donors (Lipinski definition) is 2. The molecule has 2 N–H and O–H groups in total. The molecule has 2 aromatic rings. The summed E-state index contributed by atoms with van der Waals surface area (Å²) in [6, 6.07) is 9.59. The number of fused-ring (bicyclic) bond motifs is 1. The van der Waals surface area contributed by atoms with Gasteiger partial charge in [0.25, 0.3) is 5.91 Å². The van der Waals surface area contributed by atoms with E-state index in [-0.39, 0.29) is 11.0 Å². The molecule has 1 heterocycles. The van der Waals surface area contributed by atoms with Gasteiger partial charge in [0.1, 0.15) is 11.1 Å². The molecule has 23 heavy (non-hydrogen) atoms. The zero-order chi connectivity index (χ0) is 16.4. The lowest BCUT2D eigenvalue weighted by molar-refractivity contribution is 0.0977. The molecule has 0 spiro atoms. The molecule has 6 heteroatoms. The van der Waals surface area contributed by atoms with Crippen LogP contribution < -0.4 is 10.6 Å². The summed E-state index contributed by atoms with van der Waals surface area (Å²) < 4.78 is 0. The van der Waals surface area contributed by atoms with Crippen molar-refractivity contribution < 1.29 is 4.79 Å². The molecule has 0 saturated heterocycles. The Balaban J connectivity index is 1.72. The zero-order valence-electron chi connectivity index (χ0n) is 12.6. The summed E-state index contributed by atoms with van der Waals surface area (Å²) in [7, 11) is 0. The maximum absolute atomic E-state index is 12.3. The molecule has 1 aliphatic rings. The molecule has 0 atom stereocenters. The third-order valence-electron chi connectivity index (χ3n) is 3.88. The van der Waals surface area contributed by atoms with Crippen LogP contribution in [0.4, 0.5) is 5.00 Å². The van der Waals surface area contributed by atoms with E-state index in [0.29, 0.717) is 11.1 Å². The van der Waals surface area contributed by atoms with Gasteiger partial charge in [-0.3, -0.25) is 10.1 Å². The molecule has 1 aromatic carbocycles. The van der Waals surface area contributed by atoms with Gasteiger partial charge in [-0.25, -0.2) is 0 Å². The van der Waals surface area contributed by atoms with E-state index >= 15 is 0 Å². The number of carbonyl (C=O) groups excluding carboxylic acids is 1. The van der Waals surface area contributed by atoms with Crippen molar-refractivity contribution >= 4 is 39.6 Å². The van der Waals surface area contributed by atoms with E-state index in [0.717, 1.165) is 35.4 Å². The van der Waals surface area contributed by atoms with E-state index in [1.165, 1.54) is 4.88 Å². The minimum atomic E-state index is -0.247. The van der Waals surface area contributed by atoms with E-state index in [4.69, 9.17) is 12.2 Å². The van der Waals surface area contributed by atoms with E-state index in [1.54, 1.807) is 17.4 Å². The number of thiophene rings is 1. The fourth-order valence-corrected chi connectivity index (χ4v) is 4.25. The van der Waals surface area contributed by atoms with Crippen molar-refractivity contribution in [3.63, 3.8) is 0 Å². The predicted octanol–water partition coefficient (Wildman–Crippen LogP) is 3.54. The maximum atomic E-state index is 12.3. The molecule has 0 fully saturated rings. The Kier molecular flexibility index (Phi) is 4.42. The van der Waals surface area contributed by atoms with Crippen LogP contribution in [0.25, 0.3) is 0 Å². The second-order valence-corrected chi connectivity index (χ2v) is 6.91. The molecule has 3 rings (SSSR count). The zero-order valence-corrected chi connectivity index (χ0v) is 14.2. The fraction of sp³-hybridized carbons (Fsp3) is 0.235. The third kappa shape index (κ3) is 3.11. The first-order valence-electron chi connectivity index (χ1n) is 7.32. The average molecular weight is 341 g/mol. The number of nitrogens with zero attached hydrogens (tertiary/aromatic N) is 1. The molecular weight excluding hydrogens is 326 g/mol. The first-order valence-corrected chi connectivity index (χ1v) is 8.55. The summed E-state index contributed by atoms with van der Waals surface area (Å²) in [6.45, 7) is 1.88. The van der Waals surface area contributed by atoms with Gasteiger partial charge in [0.2, 0.25) is 0 Å². The first kappa shape index (κ1) is 15.7. The number of carbonyl (C=O) groups is 1. The average Bonchev–Trinajstić information content (AvgIpc) is 3.07. The van der Waals surface area contributed by atoms with Crippen LogP contribution in [0.3, 0.4) is 0 Å². The van der Waals surface area contributed by atoms with Crippen molar-refractivity contribution in [2.75, 3.05) is 5.32 Å². The van der Waals surface area contributed by atoms with E-state index in [2.05, 4.69) is 16.7 Å². The number of aryl methyl sites for hydroxylation is 2. The Morgan fingerprint density at radius 2 is 2.13 bits per heavy atom. The van der Waals surface area contributed by atoms with Crippen molar-refractivity contribution in [2.45, 2.75) is 26.2 Å². The summed E-state index contributed by atoms with van der Waals surface area (Å²) >= 11 is 6.78. The summed E-state index contributed by atoms with van der Waals surface area (Å²) in [5.41, 5.74) is 3.27. The van der Waals surface area contributed by atoms with E-state index in [1.807, 2.05) is 25.1 Å². The highest BCUT2D eigenvalue weighted by atomic mass is 32.1. The topological polar surface area (TPSA) is 64.9 Å². The Morgan fingerprint density at radius 3 is 2.87 bits per heavy atom. The molecule has 0 aliphatic heterocycles. The van der Waals surface area contributed by atoms with E-state index in [9.17, 15) is 10.1 Å². The van der Waals surface area contributed by atoms with Crippen LogP contribution in [0.2, 0.25) is 0 Å². The fourth-order valence-electron chi connectivity index (χ4n) is 2.74. The van der Waals surface area contributed by atoms with Crippen molar-refractivity contribution in [1.82, 2.24) is 5.32 Å². The lowest BCUT2D eigenvalue weighted by Gasteiger charge is -2.10. The first-order chi connectivity index (χ1) is 11.1. The molecule has 4 nitrogen and oxygen atoms in total. The van der Waals surface area contributed by atoms with Gasteiger partial charge in [0, 0.05) is 10.4 Å². The van der Waals surface area contributed by atoms with Crippen LogP contribution in [0.15, 0.2) is 24.3 Å². The number of anilines is 1. The predicted molar refractivity (Wildman–Crippen MR) is 95.9 cm³/mol. The van der Waals surface area contributed by atoms with Crippen LogP contribution in [-0.4, -0.2) is 11.0 Å². The van der Waals surface area contributed by atoms with Crippen molar-refractivity contribution in [3.05, 3.63) is 51.4 Å². The molecular formula is C17H15N3OS2. The smallest absolute Gasteiger partial charge is 0.257 e. The summed E-state index contributed by atoms with van der Waals surface area (Å²) in [4.78, 5) is 13.5. The number of amides is 1. The van der Waals surface area contributed by atoms with Gasteiger partial charge >= 0.3 is 0 Å². The van der Waals surface area contributed by atoms with Gasteiger partial charge in [0.15, 0.2) is 5.11 Å². The van der Waals surface area contributed by atoms with Crippen LogP contribution in [0.5, 0.6) is 0 Å². The SMILES string of the molecule is Cc1ccccc1C(=O)NC(=S)Nc1sc2c(c1C#N)CCC2. The van der Waals surface area contributed by atoms with Gasteiger partial charge in [0.05, 0.1) is 5.56 Å². The molecule has 116 valence electrons. The monoisotopic (exact) mass is 341 g/mol. The van der Waals surface area contributed by atoms with Crippen LogP contribution in [0, 0.1) is 18.3 Å². The number of nitriles is 1. The third-order valence-corrected chi connectivity index (χ3v) is 5.29. The van der Waals surface area contributed by atoms with Crippen LogP contribution in [0.1, 0.15) is 38.3 Å². The lowest BCUT2D eigenvalue weighted by atomic mass is 10.1. The second kappa shape index (κ2) is 6.49. The standard InChI is InChI=1S/C17H15N3OS2/c1-10-5-2-3-6-11(10)15(21)19-17(22)20-16-13(9-18)12-7-4-8-14(12)23-16/h2-3,5-6H,4,7-8H2,1H3,(H2,19,20,21,22). The summed E-state index contributed by atoms with van der Waals surface area (Å²) in [6.07, 6.45) is 3.06. The van der Waals surface area contributed by atoms with Gasteiger partial charge < -0.3 is 5.32 Å². The Bertz CT molecular complexity index is 833. The van der Waals surface area contributed by atoms with Gasteiger partial charge in [-0.1, -0.05) is 18.2 Å². The molecule has 1 aromatic heterocycles. The highest BCUT2D eigenvalue weighted by Gasteiger charge is 2.22. The van der Waals surface area contributed by atoms with E-state index < -0.39 is 0 Å². The number of thiocarbonyl (C=S) groups is 1. The lowest BCUT2D eigenvalue weighted by Crippen LogP contribution is -2.34.